The van der Waals surface area contributed by atoms with Crippen LogP contribution in [0.5, 0.6) is 0 Å². The molecule has 0 atom stereocenters. The molecule has 0 bridgehead atoms. The molecule has 0 spiro atoms. The van der Waals surface area contributed by atoms with E-state index in [4.69, 9.17) is 16.3 Å². The fourth-order valence-electron chi connectivity index (χ4n) is 2.13. The largest absolute Gasteiger partial charge is 0.454 e. The second kappa shape index (κ2) is 9.42. The molecule has 2 amide bonds. The number of benzene rings is 2. The molecule has 29 heavy (non-hydrogen) atoms. The quantitative estimate of drug-likeness (QED) is 0.689. The summed E-state index contributed by atoms with van der Waals surface area (Å²) in [5.74, 6) is -2.25. The Morgan fingerprint density at radius 3 is 2.31 bits per heavy atom. The summed E-state index contributed by atoms with van der Waals surface area (Å²) in [4.78, 5) is 35.3. The van der Waals surface area contributed by atoms with Gasteiger partial charge in [-0.1, -0.05) is 17.7 Å². The first-order valence-corrected chi connectivity index (χ1v) is 8.61. The van der Waals surface area contributed by atoms with Crippen LogP contribution >= 0.6 is 11.6 Å². The summed E-state index contributed by atoms with van der Waals surface area (Å²) in [7, 11) is 0. The highest BCUT2D eigenvalue weighted by molar-refractivity contribution is 6.31. The van der Waals surface area contributed by atoms with Gasteiger partial charge in [-0.05, 0) is 48.9 Å². The highest BCUT2D eigenvalue weighted by Crippen LogP contribution is 2.29. The molecule has 0 aliphatic rings. The van der Waals surface area contributed by atoms with E-state index in [0.717, 1.165) is 29.8 Å². The van der Waals surface area contributed by atoms with E-state index < -0.39 is 42.7 Å². The third-order valence-corrected chi connectivity index (χ3v) is 4.09. The zero-order valence-electron chi connectivity index (χ0n) is 15.1. The van der Waals surface area contributed by atoms with Crippen molar-refractivity contribution < 1.29 is 32.3 Å². The topological polar surface area (TPSA) is 84.5 Å². The third kappa shape index (κ3) is 6.79. The minimum Gasteiger partial charge on any atom is -0.454 e. The van der Waals surface area contributed by atoms with Crippen LogP contribution in [0.1, 0.15) is 21.5 Å². The Morgan fingerprint density at radius 2 is 1.72 bits per heavy atom. The highest BCUT2D eigenvalue weighted by atomic mass is 35.5. The lowest BCUT2D eigenvalue weighted by Gasteiger charge is -2.09. The van der Waals surface area contributed by atoms with Gasteiger partial charge in [-0.15, -0.1) is 0 Å². The Bertz CT molecular complexity index is 915. The summed E-state index contributed by atoms with van der Waals surface area (Å²) in [6.45, 7) is 0.665. The van der Waals surface area contributed by atoms with E-state index in [-0.39, 0.29) is 5.56 Å². The Balaban J connectivity index is 1.76. The van der Waals surface area contributed by atoms with Gasteiger partial charge < -0.3 is 15.4 Å². The van der Waals surface area contributed by atoms with Gasteiger partial charge in [-0.25, -0.2) is 0 Å². The van der Waals surface area contributed by atoms with Crippen LogP contribution in [-0.2, 0) is 20.5 Å². The maximum Gasteiger partial charge on any atom is 0.416 e. The normalized spacial score (nSPS) is 10.9. The van der Waals surface area contributed by atoms with E-state index in [1.54, 1.807) is 25.1 Å². The van der Waals surface area contributed by atoms with Crippen LogP contribution in [0.15, 0.2) is 42.5 Å². The summed E-state index contributed by atoms with van der Waals surface area (Å²) in [5.41, 5.74) is 0.311. The van der Waals surface area contributed by atoms with Crippen LogP contribution in [0.4, 0.5) is 18.9 Å². The van der Waals surface area contributed by atoms with Crippen LogP contribution in [-0.4, -0.2) is 30.9 Å². The van der Waals surface area contributed by atoms with E-state index in [0.29, 0.717) is 10.7 Å². The first kappa shape index (κ1) is 22.2. The Hall–Kier alpha value is -3.07. The van der Waals surface area contributed by atoms with Gasteiger partial charge in [0.05, 0.1) is 5.56 Å². The SMILES string of the molecule is Cc1ccc(NC(=O)COC(=O)CNC(=O)c2ccc(C(F)(F)F)cc2)cc1Cl. The van der Waals surface area contributed by atoms with Crippen molar-refractivity contribution in [1.29, 1.82) is 0 Å². The number of rotatable bonds is 6. The first-order chi connectivity index (χ1) is 13.6. The van der Waals surface area contributed by atoms with Gasteiger partial charge in [0, 0.05) is 16.3 Å². The fraction of sp³-hybridized carbons (Fsp3) is 0.211. The molecule has 2 N–H and O–H groups in total. The van der Waals surface area contributed by atoms with Gasteiger partial charge in [-0.2, -0.15) is 13.2 Å². The molecule has 6 nitrogen and oxygen atoms in total. The number of nitrogens with one attached hydrogen (secondary N) is 2. The molecule has 2 aromatic rings. The van der Waals surface area contributed by atoms with Gasteiger partial charge in [0.2, 0.25) is 0 Å². The van der Waals surface area contributed by atoms with Crippen LogP contribution in [0.2, 0.25) is 5.02 Å². The molecule has 0 aliphatic carbocycles. The summed E-state index contributed by atoms with van der Waals surface area (Å²) in [5, 5.41) is 5.16. The van der Waals surface area contributed by atoms with E-state index in [1.807, 2.05) is 0 Å². The number of hydrogen-bond donors (Lipinski definition) is 2. The molecule has 0 saturated heterocycles. The highest BCUT2D eigenvalue weighted by Gasteiger charge is 2.30. The summed E-state index contributed by atoms with van der Waals surface area (Å²) < 4.78 is 42.2. The number of esters is 1. The van der Waals surface area contributed by atoms with E-state index in [2.05, 4.69) is 10.6 Å². The van der Waals surface area contributed by atoms with Crippen molar-refractivity contribution >= 4 is 35.1 Å². The smallest absolute Gasteiger partial charge is 0.416 e. The number of hydrogen-bond acceptors (Lipinski definition) is 4. The number of anilines is 1. The maximum absolute atomic E-state index is 12.5. The molecule has 0 fully saturated rings. The number of aryl methyl sites for hydroxylation is 1. The first-order valence-electron chi connectivity index (χ1n) is 8.23. The number of ether oxygens (including phenoxy) is 1. The predicted octanol–water partition coefficient (Wildman–Crippen LogP) is 3.58. The zero-order chi connectivity index (χ0) is 21.6. The number of carbonyl (C=O) groups excluding carboxylic acids is 3. The molecule has 0 radical (unpaired) electrons. The molecule has 2 aromatic carbocycles. The fourth-order valence-corrected chi connectivity index (χ4v) is 2.31. The number of halogens is 4. The van der Waals surface area contributed by atoms with Gasteiger partial charge >= 0.3 is 12.1 Å². The molecule has 0 aromatic heterocycles. The Morgan fingerprint density at radius 1 is 1.07 bits per heavy atom. The van der Waals surface area contributed by atoms with Crippen molar-refractivity contribution in [2.75, 3.05) is 18.5 Å². The molecule has 154 valence electrons. The van der Waals surface area contributed by atoms with Crippen molar-refractivity contribution in [1.82, 2.24) is 5.32 Å². The monoisotopic (exact) mass is 428 g/mol. The summed E-state index contributed by atoms with van der Waals surface area (Å²) >= 11 is 5.94. The van der Waals surface area contributed by atoms with Gasteiger partial charge in [0.15, 0.2) is 6.61 Å². The lowest BCUT2D eigenvalue weighted by atomic mass is 10.1. The second-order valence-electron chi connectivity index (χ2n) is 5.93. The molecular weight excluding hydrogens is 413 g/mol. The molecule has 2 rings (SSSR count). The summed E-state index contributed by atoms with van der Waals surface area (Å²) in [6, 6.07) is 8.38. The number of carbonyl (C=O) groups is 3. The maximum atomic E-state index is 12.5. The molecule has 0 aliphatic heterocycles. The third-order valence-electron chi connectivity index (χ3n) is 3.69. The molecule has 0 heterocycles. The number of amides is 2. The second-order valence-corrected chi connectivity index (χ2v) is 6.34. The van der Waals surface area contributed by atoms with Crippen molar-refractivity contribution in [2.24, 2.45) is 0 Å². The van der Waals surface area contributed by atoms with Gasteiger partial charge in [0.1, 0.15) is 6.54 Å². The van der Waals surface area contributed by atoms with Crippen molar-refractivity contribution in [2.45, 2.75) is 13.1 Å². The van der Waals surface area contributed by atoms with Crippen LogP contribution in [0.3, 0.4) is 0 Å². The lowest BCUT2D eigenvalue weighted by Crippen LogP contribution is -2.32. The molecule has 10 heteroatoms. The van der Waals surface area contributed by atoms with E-state index >= 15 is 0 Å². The Labute approximate surface area is 169 Å². The zero-order valence-corrected chi connectivity index (χ0v) is 15.9. The summed E-state index contributed by atoms with van der Waals surface area (Å²) in [6.07, 6.45) is -4.51. The standard InChI is InChI=1S/C19H16ClF3N2O4/c1-11-2-7-14(8-15(11)20)25-16(26)10-29-17(27)9-24-18(28)12-3-5-13(6-4-12)19(21,22)23/h2-8H,9-10H2,1H3,(H,24,28)(H,25,26). The number of alkyl halides is 3. The van der Waals surface area contributed by atoms with Gasteiger partial charge in [-0.3, -0.25) is 14.4 Å². The Kier molecular flexibility index (Phi) is 7.22. The van der Waals surface area contributed by atoms with Crippen molar-refractivity contribution in [3.63, 3.8) is 0 Å². The van der Waals surface area contributed by atoms with Crippen LogP contribution in [0, 0.1) is 6.92 Å². The van der Waals surface area contributed by atoms with Crippen LogP contribution in [0.25, 0.3) is 0 Å². The minimum absolute atomic E-state index is 0.0557. The van der Waals surface area contributed by atoms with E-state index in [9.17, 15) is 27.6 Å². The van der Waals surface area contributed by atoms with Crippen LogP contribution < -0.4 is 10.6 Å². The molecule has 0 saturated carbocycles. The average molecular weight is 429 g/mol. The lowest BCUT2D eigenvalue weighted by molar-refractivity contribution is -0.146. The minimum atomic E-state index is -4.51. The molecule has 0 unspecified atom stereocenters. The molecular formula is C19H16ClF3N2O4. The van der Waals surface area contributed by atoms with E-state index in [1.165, 1.54) is 0 Å². The van der Waals surface area contributed by atoms with Gasteiger partial charge in [0.25, 0.3) is 11.8 Å². The van der Waals surface area contributed by atoms with Crippen molar-refractivity contribution in [3.8, 4) is 0 Å². The predicted molar refractivity (Wildman–Crippen MR) is 99.6 cm³/mol. The average Bonchev–Trinajstić information content (AvgIpc) is 2.66. The van der Waals surface area contributed by atoms with Crippen molar-refractivity contribution in [3.05, 3.63) is 64.2 Å².